The first-order chi connectivity index (χ1) is 17.5. The molecule has 0 saturated carbocycles. The molecule has 0 spiro atoms. The zero-order valence-corrected chi connectivity index (χ0v) is 22.0. The van der Waals surface area contributed by atoms with Gasteiger partial charge in [-0.3, -0.25) is 9.59 Å². The number of nitrogens with zero attached hydrogens (tertiary/aromatic N) is 1. The number of ether oxygens (including phenoxy) is 1. The highest BCUT2D eigenvalue weighted by molar-refractivity contribution is 7.89. The van der Waals surface area contributed by atoms with Crippen LogP contribution in [0.1, 0.15) is 47.1 Å². The standard InChI is InChI=1S/C28H31N3O5S/c1-28(2,3)22-11-7-20(8-12-22)26(32)29-23-5-4-6-24(19-23)30-27(33)21-9-13-25(14-10-21)37(34,35)31-15-17-36-18-16-31/h4-14,19H,15-18H2,1-3H3,(H,29,32)(H,30,33). The van der Waals surface area contributed by atoms with Crippen molar-refractivity contribution in [2.45, 2.75) is 31.1 Å². The lowest BCUT2D eigenvalue weighted by Crippen LogP contribution is -2.40. The van der Waals surface area contributed by atoms with Gasteiger partial charge in [0.25, 0.3) is 11.8 Å². The fourth-order valence-electron chi connectivity index (χ4n) is 3.92. The summed E-state index contributed by atoms with van der Waals surface area (Å²) < 4.78 is 32.2. The summed E-state index contributed by atoms with van der Waals surface area (Å²) in [6, 6.07) is 20.2. The summed E-state index contributed by atoms with van der Waals surface area (Å²) >= 11 is 0. The number of nitrogens with one attached hydrogen (secondary N) is 2. The molecule has 2 amide bonds. The highest BCUT2D eigenvalue weighted by atomic mass is 32.2. The quantitative estimate of drug-likeness (QED) is 0.497. The van der Waals surface area contributed by atoms with Crippen LogP contribution in [0.3, 0.4) is 0 Å². The first-order valence-corrected chi connectivity index (χ1v) is 13.5. The van der Waals surface area contributed by atoms with Gasteiger partial charge in [0.2, 0.25) is 10.0 Å². The largest absolute Gasteiger partial charge is 0.379 e. The van der Waals surface area contributed by atoms with Crippen molar-refractivity contribution >= 4 is 33.2 Å². The maximum absolute atomic E-state index is 12.8. The van der Waals surface area contributed by atoms with Crippen molar-refractivity contribution in [2.75, 3.05) is 36.9 Å². The minimum Gasteiger partial charge on any atom is -0.379 e. The van der Waals surface area contributed by atoms with Gasteiger partial charge in [0.15, 0.2) is 0 Å². The second kappa shape index (κ2) is 10.8. The zero-order valence-electron chi connectivity index (χ0n) is 21.2. The lowest BCUT2D eigenvalue weighted by Gasteiger charge is -2.26. The number of hydrogen-bond donors (Lipinski definition) is 2. The van der Waals surface area contributed by atoms with Crippen LogP contribution in [0, 0.1) is 0 Å². The van der Waals surface area contributed by atoms with E-state index in [9.17, 15) is 18.0 Å². The van der Waals surface area contributed by atoms with Crippen LogP contribution >= 0.6 is 0 Å². The van der Waals surface area contributed by atoms with Crippen LogP contribution in [0.4, 0.5) is 11.4 Å². The molecule has 194 valence electrons. The van der Waals surface area contributed by atoms with Crippen LogP contribution in [0.15, 0.2) is 77.7 Å². The first-order valence-electron chi connectivity index (χ1n) is 12.1. The normalized spacial score (nSPS) is 14.7. The van der Waals surface area contributed by atoms with Crippen LogP contribution in [0.2, 0.25) is 0 Å². The van der Waals surface area contributed by atoms with Crippen LogP contribution in [-0.4, -0.2) is 50.8 Å². The van der Waals surface area contributed by atoms with Crippen molar-refractivity contribution in [3.8, 4) is 0 Å². The molecule has 4 rings (SSSR count). The van der Waals surface area contributed by atoms with Crippen molar-refractivity contribution < 1.29 is 22.7 Å². The van der Waals surface area contributed by atoms with Crippen molar-refractivity contribution in [3.63, 3.8) is 0 Å². The molecular formula is C28H31N3O5S. The molecule has 0 unspecified atom stereocenters. The van der Waals surface area contributed by atoms with E-state index < -0.39 is 15.9 Å². The monoisotopic (exact) mass is 521 g/mol. The van der Waals surface area contributed by atoms with Gasteiger partial charge < -0.3 is 15.4 Å². The van der Waals surface area contributed by atoms with E-state index in [4.69, 9.17) is 4.74 Å². The molecule has 1 heterocycles. The summed E-state index contributed by atoms with van der Waals surface area (Å²) in [7, 11) is -3.63. The summed E-state index contributed by atoms with van der Waals surface area (Å²) in [6.45, 7) is 7.68. The summed E-state index contributed by atoms with van der Waals surface area (Å²) in [5.41, 5.74) is 3.02. The molecule has 0 aliphatic carbocycles. The number of amides is 2. The van der Waals surface area contributed by atoms with Crippen LogP contribution < -0.4 is 10.6 Å². The van der Waals surface area contributed by atoms with Gasteiger partial charge in [-0.2, -0.15) is 4.31 Å². The molecule has 1 aliphatic heterocycles. The molecule has 0 atom stereocenters. The number of carbonyl (C=O) groups excluding carboxylic acids is 2. The second-order valence-corrected chi connectivity index (χ2v) is 11.8. The van der Waals surface area contributed by atoms with E-state index in [1.54, 1.807) is 36.4 Å². The third-order valence-electron chi connectivity index (χ3n) is 6.12. The van der Waals surface area contributed by atoms with Crippen LogP contribution in [0.25, 0.3) is 0 Å². The number of anilines is 2. The molecule has 3 aromatic rings. The Labute approximate surface area is 217 Å². The van der Waals surface area contributed by atoms with Crippen molar-refractivity contribution in [1.29, 1.82) is 0 Å². The number of sulfonamides is 1. The molecular weight excluding hydrogens is 490 g/mol. The van der Waals surface area contributed by atoms with Crippen molar-refractivity contribution in [1.82, 2.24) is 4.31 Å². The van der Waals surface area contributed by atoms with E-state index in [-0.39, 0.29) is 16.2 Å². The van der Waals surface area contributed by atoms with E-state index >= 15 is 0 Å². The fourth-order valence-corrected chi connectivity index (χ4v) is 5.33. The lowest BCUT2D eigenvalue weighted by atomic mass is 9.87. The van der Waals surface area contributed by atoms with E-state index in [0.29, 0.717) is 48.8 Å². The highest BCUT2D eigenvalue weighted by Crippen LogP contribution is 2.23. The number of hydrogen-bond acceptors (Lipinski definition) is 5. The topological polar surface area (TPSA) is 105 Å². The minimum atomic E-state index is -3.63. The SMILES string of the molecule is CC(C)(C)c1ccc(C(=O)Nc2cccc(NC(=O)c3ccc(S(=O)(=O)N4CCOCC4)cc3)c2)cc1. The van der Waals surface area contributed by atoms with Gasteiger partial charge in [-0.05, 0) is 65.6 Å². The number of carbonyl (C=O) groups is 2. The third kappa shape index (κ3) is 6.43. The van der Waals surface area contributed by atoms with Gasteiger partial charge in [0.05, 0.1) is 18.1 Å². The molecule has 0 aromatic heterocycles. The number of morpholine rings is 1. The van der Waals surface area contributed by atoms with Gasteiger partial charge in [-0.25, -0.2) is 8.42 Å². The molecule has 9 heteroatoms. The maximum Gasteiger partial charge on any atom is 0.255 e. The van der Waals surface area contributed by atoms with Crippen molar-refractivity contribution in [2.24, 2.45) is 0 Å². The van der Waals surface area contributed by atoms with E-state index in [0.717, 1.165) is 5.56 Å². The second-order valence-electron chi connectivity index (χ2n) is 9.86. The third-order valence-corrected chi connectivity index (χ3v) is 8.03. The summed E-state index contributed by atoms with van der Waals surface area (Å²) in [5.74, 6) is -0.641. The Bertz CT molecular complexity index is 1370. The maximum atomic E-state index is 12.8. The van der Waals surface area contributed by atoms with Gasteiger partial charge in [-0.1, -0.05) is 39.0 Å². The smallest absolute Gasteiger partial charge is 0.255 e. The van der Waals surface area contributed by atoms with Crippen LogP contribution in [0.5, 0.6) is 0 Å². The number of rotatable bonds is 6. The molecule has 3 aromatic carbocycles. The Balaban J connectivity index is 1.40. The van der Waals surface area contributed by atoms with Gasteiger partial charge in [0.1, 0.15) is 0 Å². The molecule has 0 bridgehead atoms. The Morgan fingerprint density at radius 2 is 1.27 bits per heavy atom. The molecule has 8 nitrogen and oxygen atoms in total. The molecule has 1 aliphatic rings. The van der Waals surface area contributed by atoms with Crippen LogP contribution in [-0.2, 0) is 20.2 Å². The minimum absolute atomic E-state index is 0.00113. The van der Waals surface area contributed by atoms with E-state index in [2.05, 4.69) is 31.4 Å². The molecule has 0 radical (unpaired) electrons. The first kappa shape index (κ1) is 26.5. The predicted molar refractivity (Wildman–Crippen MR) is 144 cm³/mol. The molecule has 2 N–H and O–H groups in total. The average molecular weight is 522 g/mol. The Kier molecular flexibility index (Phi) is 7.77. The highest BCUT2D eigenvalue weighted by Gasteiger charge is 2.26. The summed E-state index contributed by atoms with van der Waals surface area (Å²) in [5, 5.41) is 5.65. The summed E-state index contributed by atoms with van der Waals surface area (Å²) in [4.78, 5) is 25.6. The molecule has 1 fully saturated rings. The van der Waals surface area contributed by atoms with E-state index in [1.165, 1.54) is 28.6 Å². The van der Waals surface area contributed by atoms with E-state index in [1.807, 2.05) is 12.1 Å². The Morgan fingerprint density at radius 1 is 0.784 bits per heavy atom. The molecule has 37 heavy (non-hydrogen) atoms. The van der Waals surface area contributed by atoms with Gasteiger partial charge in [-0.15, -0.1) is 0 Å². The summed E-state index contributed by atoms with van der Waals surface area (Å²) in [6.07, 6.45) is 0. The lowest BCUT2D eigenvalue weighted by molar-refractivity contribution is 0.0730. The zero-order chi connectivity index (χ0) is 26.6. The van der Waals surface area contributed by atoms with Gasteiger partial charge >= 0.3 is 0 Å². The number of benzene rings is 3. The predicted octanol–water partition coefficient (Wildman–Crippen LogP) is 4.51. The average Bonchev–Trinajstić information content (AvgIpc) is 2.89. The Morgan fingerprint density at radius 3 is 1.76 bits per heavy atom. The Hall–Kier alpha value is -3.53. The van der Waals surface area contributed by atoms with Gasteiger partial charge in [0, 0.05) is 35.6 Å². The molecule has 1 saturated heterocycles. The van der Waals surface area contributed by atoms with Crippen molar-refractivity contribution in [3.05, 3.63) is 89.5 Å². The fraction of sp³-hybridized carbons (Fsp3) is 0.286.